The van der Waals surface area contributed by atoms with Crippen molar-refractivity contribution in [3.8, 4) is 11.8 Å². The minimum Gasteiger partial charge on any atom is -0.383 e. The zero-order chi connectivity index (χ0) is 13.1. The van der Waals surface area contributed by atoms with E-state index in [1.807, 2.05) is 24.3 Å². The van der Waals surface area contributed by atoms with Crippen LogP contribution in [0.25, 0.3) is 0 Å². The Labute approximate surface area is 118 Å². The fraction of sp³-hybridized carbons (Fsp3) is 0.400. The quantitative estimate of drug-likeness (QED) is 0.470. The number of rotatable bonds is 2. The molecule has 0 radical (unpaired) electrons. The number of benzene rings is 1. The van der Waals surface area contributed by atoms with E-state index in [9.17, 15) is 0 Å². The van der Waals surface area contributed by atoms with Crippen LogP contribution in [0.3, 0.4) is 0 Å². The normalized spacial score (nSPS) is 26.3. The number of oxime groups is 1. The Morgan fingerprint density at radius 2 is 2.21 bits per heavy atom. The molecule has 0 aromatic heterocycles. The molecule has 1 aromatic carbocycles. The number of fused-ring (bicyclic) bond motifs is 2. The molecule has 0 N–H and O–H groups in total. The Kier molecular flexibility index (Phi) is 3.72. The van der Waals surface area contributed by atoms with Crippen molar-refractivity contribution in [2.75, 3.05) is 26.2 Å². The summed E-state index contributed by atoms with van der Waals surface area (Å²) in [5, 5.41) is 4.92. The summed E-state index contributed by atoms with van der Waals surface area (Å²) in [6.07, 6.45) is 1.22. The fourth-order valence-corrected chi connectivity index (χ4v) is 2.65. The summed E-state index contributed by atoms with van der Waals surface area (Å²) in [5.41, 5.74) is 2.12. The lowest BCUT2D eigenvalue weighted by atomic mass is 10.0. The highest BCUT2D eigenvalue weighted by molar-refractivity contribution is 6.30. The van der Waals surface area contributed by atoms with E-state index in [2.05, 4.69) is 21.9 Å². The molecule has 2 saturated heterocycles. The Hall–Kier alpha value is -1.50. The summed E-state index contributed by atoms with van der Waals surface area (Å²) < 4.78 is 0. The van der Waals surface area contributed by atoms with Crippen LogP contribution in [-0.4, -0.2) is 36.9 Å². The zero-order valence-corrected chi connectivity index (χ0v) is 11.4. The maximum atomic E-state index is 5.80. The molecular weight excluding hydrogens is 260 g/mol. The second kappa shape index (κ2) is 5.64. The Balaban J connectivity index is 1.49. The van der Waals surface area contributed by atoms with Crippen molar-refractivity contribution in [1.29, 1.82) is 0 Å². The van der Waals surface area contributed by atoms with Crippen LogP contribution in [0.1, 0.15) is 12.0 Å². The van der Waals surface area contributed by atoms with E-state index in [1.54, 1.807) is 0 Å². The van der Waals surface area contributed by atoms with E-state index < -0.39 is 0 Å². The standard InChI is InChI=1S/C15H15ClN2O/c16-14-5-3-12(4-6-14)2-1-9-19-17-15-11-18-8-7-13(15)10-18/h3-6,13H,7-11H2/b17-15-. The second-order valence-electron chi connectivity index (χ2n) is 4.89. The van der Waals surface area contributed by atoms with Crippen molar-refractivity contribution in [2.24, 2.45) is 11.1 Å². The third-order valence-electron chi connectivity index (χ3n) is 3.52. The van der Waals surface area contributed by atoms with Crippen molar-refractivity contribution in [3.63, 3.8) is 0 Å². The van der Waals surface area contributed by atoms with Gasteiger partial charge in [-0.1, -0.05) is 28.6 Å². The first-order chi connectivity index (χ1) is 9.31. The van der Waals surface area contributed by atoms with Gasteiger partial charge in [0.2, 0.25) is 0 Å². The van der Waals surface area contributed by atoms with Crippen LogP contribution in [0.5, 0.6) is 0 Å². The minimum atomic E-state index is 0.332. The zero-order valence-electron chi connectivity index (χ0n) is 10.6. The molecule has 2 aliphatic heterocycles. The van der Waals surface area contributed by atoms with Crippen molar-refractivity contribution < 1.29 is 4.84 Å². The van der Waals surface area contributed by atoms with Gasteiger partial charge in [-0.2, -0.15) is 0 Å². The topological polar surface area (TPSA) is 24.8 Å². The molecule has 2 heterocycles. The van der Waals surface area contributed by atoms with E-state index in [0.29, 0.717) is 12.5 Å². The molecule has 3 rings (SSSR count). The van der Waals surface area contributed by atoms with E-state index in [0.717, 1.165) is 23.7 Å². The molecule has 0 saturated carbocycles. The number of halogens is 1. The van der Waals surface area contributed by atoms with Gasteiger partial charge in [-0.15, -0.1) is 0 Å². The van der Waals surface area contributed by atoms with Crippen LogP contribution in [-0.2, 0) is 4.84 Å². The maximum absolute atomic E-state index is 5.80. The number of piperidine rings is 1. The molecular formula is C15H15ClN2O. The monoisotopic (exact) mass is 274 g/mol. The molecule has 2 fully saturated rings. The summed E-state index contributed by atoms with van der Waals surface area (Å²) in [6.45, 7) is 3.66. The Bertz CT molecular complexity index is 542. The second-order valence-corrected chi connectivity index (χ2v) is 5.32. The number of hydrogen-bond acceptors (Lipinski definition) is 3. The Morgan fingerprint density at radius 3 is 2.89 bits per heavy atom. The predicted molar refractivity (Wildman–Crippen MR) is 76.3 cm³/mol. The van der Waals surface area contributed by atoms with E-state index >= 15 is 0 Å². The third-order valence-corrected chi connectivity index (χ3v) is 3.78. The lowest BCUT2D eigenvalue weighted by molar-refractivity contribution is 0.177. The molecule has 3 nitrogen and oxygen atoms in total. The molecule has 0 spiro atoms. The van der Waals surface area contributed by atoms with Crippen molar-refractivity contribution in [1.82, 2.24) is 4.90 Å². The molecule has 2 unspecified atom stereocenters. The van der Waals surface area contributed by atoms with Crippen LogP contribution in [0.4, 0.5) is 0 Å². The smallest absolute Gasteiger partial charge is 0.177 e. The first kappa shape index (κ1) is 12.5. The van der Waals surface area contributed by atoms with Crippen molar-refractivity contribution >= 4 is 17.3 Å². The molecule has 2 bridgehead atoms. The molecule has 4 heteroatoms. The molecule has 1 aromatic rings. The SMILES string of the molecule is Clc1ccc(C#CCO/N=C2/CN3CCC2C3)cc1. The van der Waals surface area contributed by atoms with E-state index in [1.165, 1.54) is 18.7 Å². The fourth-order valence-electron chi connectivity index (χ4n) is 2.53. The summed E-state index contributed by atoms with van der Waals surface area (Å²) in [7, 11) is 0. The first-order valence-electron chi connectivity index (χ1n) is 6.47. The van der Waals surface area contributed by atoms with Gasteiger partial charge in [0.1, 0.15) is 0 Å². The average Bonchev–Trinajstić information content (AvgIpc) is 3.03. The van der Waals surface area contributed by atoms with Crippen LogP contribution in [0.2, 0.25) is 5.02 Å². The summed E-state index contributed by atoms with van der Waals surface area (Å²) in [4.78, 5) is 7.69. The number of hydrogen-bond donors (Lipinski definition) is 0. The van der Waals surface area contributed by atoms with Gasteiger partial charge in [-0.25, -0.2) is 0 Å². The lowest BCUT2D eigenvalue weighted by Gasteiger charge is -2.12. The van der Waals surface area contributed by atoms with E-state index in [-0.39, 0.29) is 0 Å². The van der Waals surface area contributed by atoms with Crippen LogP contribution in [0.15, 0.2) is 29.4 Å². The van der Waals surface area contributed by atoms with Gasteiger partial charge < -0.3 is 4.84 Å². The van der Waals surface area contributed by atoms with Crippen LogP contribution >= 0.6 is 11.6 Å². The van der Waals surface area contributed by atoms with E-state index in [4.69, 9.17) is 16.4 Å². The van der Waals surface area contributed by atoms with Gasteiger partial charge >= 0.3 is 0 Å². The highest BCUT2D eigenvalue weighted by Gasteiger charge is 2.35. The molecule has 19 heavy (non-hydrogen) atoms. The Morgan fingerprint density at radius 1 is 1.37 bits per heavy atom. The third kappa shape index (κ3) is 3.09. The molecule has 2 atom stereocenters. The van der Waals surface area contributed by atoms with Gasteiger partial charge in [-0.05, 0) is 37.2 Å². The lowest BCUT2D eigenvalue weighted by Crippen LogP contribution is -2.23. The average molecular weight is 275 g/mol. The number of nitrogens with zero attached hydrogens (tertiary/aromatic N) is 2. The summed E-state index contributed by atoms with van der Waals surface area (Å²) in [5.74, 6) is 6.59. The summed E-state index contributed by atoms with van der Waals surface area (Å²) >= 11 is 5.80. The van der Waals surface area contributed by atoms with Gasteiger partial charge in [0.15, 0.2) is 6.61 Å². The van der Waals surface area contributed by atoms with Crippen molar-refractivity contribution in [3.05, 3.63) is 34.9 Å². The van der Waals surface area contributed by atoms with Gasteiger partial charge in [0.05, 0.1) is 5.71 Å². The highest BCUT2D eigenvalue weighted by Crippen LogP contribution is 2.25. The molecule has 0 aliphatic carbocycles. The molecule has 0 amide bonds. The maximum Gasteiger partial charge on any atom is 0.177 e. The molecule has 98 valence electrons. The van der Waals surface area contributed by atoms with Crippen molar-refractivity contribution in [2.45, 2.75) is 6.42 Å². The first-order valence-corrected chi connectivity index (χ1v) is 6.84. The van der Waals surface area contributed by atoms with Crippen LogP contribution < -0.4 is 0 Å². The van der Waals surface area contributed by atoms with Gasteiger partial charge in [0, 0.05) is 29.6 Å². The van der Waals surface area contributed by atoms with Crippen LogP contribution in [0, 0.1) is 17.8 Å². The van der Waals surface area contributed by atoms with Gasteiger partial charge in [0.25, 0.3) is 0 Å². The largest absolute Gasteiger partial charge is 0.383 e. The minimum absolute atomic E-state index is 0.332. The summed E-state index contributed by atoms with van der Waals surface area (Å²) in [6, 6.07) is 7.45. The van der Waals surface area contributed by atoms with Gasteiger partial charge in [-0.3, -0.25) is 4.90 Å². The predicted octanol–water partition coefficient (Wildman–Crippen LogP) is 2.40. The molecule has 2 aliphatic rings. The highest BCUT2D eigenvalue weighted by atomic mass is 35.5.